The summed E-state index contributed by atoms with van der Waals surface area (Å²) in [5, 5.41) is 7.16. The summed E-state index contributed by atoms with van der Waals surface area (Å²) in [5.41, 5.74) is 1.22. The van der Waals surface area contributed by atoms with E-state index in [1.165, 1.54) is 36.4 Å². The zero-order valence-electron chi connectivity index (χ0n) is 10.5. The Balaban J connectivity index is 1.94. The van der Waals surface area contributed by atoms with E-state index in [0.717, 1.165) is 6.04 Å². The first-order chi connectivity index (χ1) is 7.66. The summed E-state index contributed by atoms with van der Waals surface area (Å²) in [5.74, 6) is 0.553. The SMILES string of the molecule is CC(C)c1nc(C(C)NC2CCCC2)cs1. The van der Waals surface area contributed by atoms with Crippen LogP contribution in [0.1, 0.15) is 69.1 Å². The highest BCUT2D eigenvalue weighted by Gasteiger charge is 2.19. The minimum Gasteiger partial charge on any atom is -0.306 e. The molecule has 1 unspecified atom stereocenters. The number of nitrogens with one attached hydrogen (secondary N) is 1. The van der Waals surface area contributed by atoms with Gasteiger partial charge >= 0.3 is 0 Å². The fourth-order valence-corrected chi connectivity index (χ4v) is 3.22. The van der Waals surface area contributed by atoms with Crippen LogP contribution in [0.5, 0.6) is 0 Å². The second-order valence-corrected chi connectivity index (χ2v) is 6.02. The van der Waals surface area contributed by atoms with Crippen LogP contribution in [0.25, 0.3) is 0 Å². The molecule has 0 saturated heterocycles. The highest BCUT2D eigenvalue weighted by molar-refractivity contribution is 7.09. The third-order valence-electron chi connectivity index (χ3n) is 3.32. The zero-order valence-corrected chi connectivity index (χ0v) is 11.3. The quantitative estimate of drug-likeness (QED) is 0.861. The van der Waals surface area contributed by atoms with Crippen LogP contribution in [-0.2, 0) is 0 Å². The number of hydrogen-bond acceptors (Lipinski definition) is 3. The lowest BCUT2D eigenvalue weighted by molar-refractivity contribution is 0.455. The van der Waals surface area contributed by atoms with Crippen molar-refractivity contribution in [2.24, 2.45) is 0 Å². The van der Waals surface area contributed by atoms with E-state index in [1.807, 2.05) is 0 Å². The van der Waals surface area contributed by atoms with E-state index in [-0.39, 0.29) is 0 Å². The molecule has 0 aliphatic heterocycles. The summed E-state index contributed by atoms with van der Waals surface area (Å²) in [6, 6.07) is 1.13. The van der Waals surface area contributed by atoms with Crippen LogP contribution in [0, 0.1) is 0 Å². The van der Waals surface area contributed by atoms with Crippen molar-refractivity contribution in [3.63, 3.8) is 0 Å². The average Bonchev–Trinajstić information content (AvgIpc) is 2.86. The van der Waals surface area contributed by atoms with Gasteiger partial charge in [-0.05, 0) is 19.8 Å². The van der Waals surface area contributed by atoms with Crippen molar-refractivity contribution >= 4 is 11.3 Å². The molecule has 2 nitrogen and oxygen atoms in total. The summed E-state index contributed by atoms with van der Waals surface area (Å²) in [6.45, 7) is 6.65. The van der Waals surface area contributed by atoms with Crippen molar-refractivity contribution < 1.29 is 0 Å². The Morgan fingerprint density at radius 1 is 1.31 bits per heavy atom. The second kappa shape index (κ2) is 5.28. The van der Waals surface area contributed by atoms with E-state index in [0.29, 0.717) is 12.0 Å². The molecule has 90 valence electrons. The minimum atomic E-state index is 0.409. The van der Waals surface area contributed by atoms with Gasteiger partial charge in [-0.3, -0.25) is 0 Å². The maximum Gasteiger partial charge on any atom is 0.0954 e. The largest absolute Gasteiger partial charge is 0.306 e. The maximum absolute atomic E-state index is 4.71. The van der Waals surface area contributed by atoms with Crippen molar-refractivity contribution in [3.05, 3.63) is 16.1 Å². The highest BCUT2D eigenvalue weighted by atomic mass is 32.1. The molecule has 16 heavy (non-hydrogen) atoms. The van der Waals surface area contributed by atoms with Crippen LogP contribution >= 0.6 is 11.3 Å². The van der Waals surface area contributed by atoms with Gasteiger partial charge in [0.2, 0.25) is 0 Å². The minimum absolute atomic E-state index is 0.409. The summed E-state index contributed by atoms with van der Waals surface area (Å²) >= 11 is 1.79. The molecule has 0 bridgehead atoms. The van der Waals surface area contributed by atoms with Gasteiger partial charge in [-0.15, -0.1) is 11.3 Å². The summed E-state index contributed by atoms with van der Waals surface area (Å²) in [4.78, 5) is 4.71. The summed E-state index contributed by atoms with van der Waals surface area (Å²) < 4.78 is 0. The lowest BCUT2D eigenvalue weighted by Gasteiger charge is -2.17. The van der Waals surface area contributed by atoms with Gasteiger partial charge < -0.3 is 5.32 Å². The van der Waals surface area contributed by atoms with Crippen molar-refractivity contribution in [2.75, 3.05) is 0 Å². The van der Waals surface area contributed by atoms with Crippen molar-refractivity contribution in [1.29, 1.82) is 0 Å². The average molecular weight is 238 g/mol. The second-order valence-electron chi connectivity index (χ2n) is 5.14. The van der Waals surface area contributed by atoms with Gasteiger partial charge in [-0.2, -0.15) is 0 Å². The first-order valence-corrected chi connectivity index (χ1v) is 7.26. The molecule has 0 spiro atoms. The third kappa shape index (κ3) is 2.83. The van der Waals surface area contributed by atoms with E-state index in [2.05, 4.69) is 31.5 Å². The molecule has 1 aromatic heterocycles. The molecule has 1 fully saturated rings. The predicted molar refractivity (Wildman–Crippen MR) is 70.0 cm³/mol. The molecule has 1 atom stereocenters. The maximum atomic E-state index is 4.71. The fourth-order valence-electron chi connectivity index (χ4n) is 2.30. The zero-order chi connectivity index (χ0) is 11.5. The monoisotopic (exact) mass is 238 g/mol. The lowest BCUT2D eigenvalue weighted by Crippen LogP contribution is -2.29. The van der Waals surface area contributed by atoms with E-state index in [1.54, 1.807) is 11.3 Å². The standard InChI is InChI=1S/C13H22N2S/c1-9(2)13-15-12(8-16-13)10(3)14-11-6-4-5-7-11/h8-11,14H,4-7H2,1-3H3. The van der Waals surface area contributed by atoms with Gasteiger partial charge in [-0.25, -0.2) is 4.98 Å². The van der Waals surface area contributed by atoms with Crippen molar-refractivity contribution in [2.45, 2.75) is 64.5 Å². The molecule has 0 radical (unpaired) electrons. The number of nitrogens with zero attached hydrogens (tertiary/aromatic N) is 1. The van der Waals surface area contributed by atoms with E-state index >= 15 is 0 Å². The van der Waals surface area contributed by atoms with Gasteiger partial charge in [-0.1, -0.05) is 26.7 Å². The Kier molecular flexibility index (Phi) is 3.98. The molecule has 1 saturated carbocycles. The molecule has 1 aliphatic rings. The van der Waals surface area contributed by atoms with Crippen LogP contribution in [-0.4, -0.2) is 11.0 Å². The Morgan fingerprint density at radius 2 is 2.00 bits per heavy atom. The van der Waals surface area contributed by atoms with E-state index in [4.69, 9.17) is 4.98 Å². The number of hydrogen-bond donors (Lipinski definition) is 1. The number of aromatic nitrogens is 1. The van der Waals surface area contributed by atoms with E-state index in [9.17, 15) is 0 Å². The van der Waals surface area contributed by atoms with Crippen LogP contribution in [0.3, 0.4) is 0 Å². The molecule has 1 N–H and O–H groups in total. The van der Waals surface area contributed by atoms with Crippen LogP contribution in [0.2, 0.25) is 0 Å². The first-order valence-electron chi connectivity index (χ1n) is 6.38. The molecule has 0 aromatic carbocycles. The summed E-state index contributed by atoms with van der Waals surface area (Å²) in [7, 11) is 0. The van der Waals surface area contributed by atoms with Crippen LogP contribution < -0.4 is 5.32 Å². The Morgan fingerprint density at radius 3 is 2.56 bits per heavy atom. The Bertz CT molecular complexity index is 326. The van der Waals surface area contributed by atoms with Gasteiger partial charge in [0.25, 0.3) is 0 Å². The molecule has 2 rings (SSSR count). The van der Waals surface area contributed by atoms with Crippen LogP contribution in [0.15, 0.2) is 5.38 Å². The fraction of sp³-hybridized carbons (Fsp3) is 0.769. The molecular formula is C13H22N2S. The van der Waals surface area contributed by atoms with Crippen LogP contribution in [0.4, 0.5) is 0 Å². The number of thiazole rings is 1. The topological polar surface area (TPSA) is 24.9 Å². The highest BCUT2D eigenvalue weighted by Crippen LogP contribution is 2.25. The van der Waals surface area contributed by atoms with Crippen molar-refractivity contribution in [1.82, 2.24) is 10.3 Å². The molecular weight excluding hydrogens is 216 g/mol. The molecule has 1 aromatic rings. The van der Waals surface area contributed by atoms with Gasteiger partial charge in [0.1, 0.15) is 0 Å². The first kappa shape index (κ1) is 12.1. The Hall–Kier alpha value is -0.410. The third-order valence-corrected chi connectivity index (χ3v) is 4.48. The Labute approximate surface area is 102 Å². The molecule has 3 heteroatoms. The molecule has 1 heterocycles. The molecule has 0 amide bonds. The molecule has 1 aliphatic carbocycles. The van der Waals surface area contributed by atoms with Gasteiger partial charge in [0.05, 0.1) is 10.7 Å². The normalized spacial score (nSPS) is 19.5. The smallest absolute Gasteiger partial charge is 0.0954 e. The summed E-state index contributed by atoms with van der Waals surface area (Å²) in [6.07, 6.45) is 5.45. The predicted octanol–water partition coefficient (Wildman–Crippen LogP) is 3.86. The van der Waals surface area contributed by atoms with Gasteiger partial charge in [0, 0.05) is 23.4 Å². The van der Waals surface area contributed by atoms with Gasteiger partial charge in [0.15, 0.2) is 0 Å². The lowest BCUT2D eigenvalue weighted by atomic mass is 10.2. The van der Waals surface area contributed by atoms with Crippen molar-refractivity contribution in [3.8, 4) is 0 Å². The number of rotatable bonds is 4. The van der Waals surface area contributed by atoms with E-state index < -0.39 is 0 Å².